The highest BCUT2D eigenvalue weighted by atomic mass is 16.5. The maximum absolute atomic E-state index is 11.4. The van der Waals surface area contributed by atoms with Crippen molar-refractivity contribution in [3.63, 3.8) is 0 Å². The van der Waals surface area contributed by atoms with Crippen LogP contribution in [0.15, 0.2) is 18.5 Å². The van der Waals surface area contributed by atoms with Gasteiger partial charge in [-0.05, 0) is 25.3 Å². The number of fused-ring (bicyclic) bond motifs is 1. The molecule has 2 atom stereocenters. The molecule has 112 valence electrons. The van der Waals surface area contributed by atoms with Gasteiger partial charge in [0, 0.05) is 26.4 Å². The number of nitrogens with two attached hydrogens (primary N) is 1. The van der Waals surface area contributed by atoms with E-state index in [0.717, 1.165) is 25.1 Å². The molecule has 2 aromatic rings. The third-order valence-electron chi connectivity index (χ3n) is 4.25. The van der Waals surface area contributed by atoms with Gasteiger partial charge in [-0.15, -0.1) is 0 Å². The summed E-state index contributed by atoms with van der Waals surface area (Å²) in [5.74, 6) is 0.381. The highest BCUT2D eigenvalue weighted by Gasteiger charge is 2.29. The fourth-order valence-corrected chi connectivity index (χ4v) is 2.99. The SMILES string of the molecule is CO[C@@H]1CC[C@@H](N(C)c2ccnc3c(C(N)=O)cnn23)C1. The van der Waals surface area contributed by atoms with Gasteiger partial charge in [0.2, 0.25) is 0 Å². The fourth-order valence-electron chi connectivity index (χ4n) is 2.99. The maximum atomic E-state index is 11.4. The largest absolute Gasteiger partial charge is 0.381 e. The van der Waals surface area contributed by atoms with E-state index in [-0.39, 0.29) is 0 Å². The molecule has 1 saturated carbocycles. The Balaban J connectivity index is 1.95. The fraction of sp³-hybridized carbons (Fsp3) is 0.500. The number of carbonyl (C=O) groups excluding carboxylic acids is 1. The van der Waals surface area contributed by atoms with Gasteiger partial charge in [0.1, 0.15) is 11.4 Å². The van der Waals surface area contributed by atoms with Crippen LogP contribution in [-0.2, 0) is 4.74 Å². The second-order valence-electron chi connectivity index (χ2n) is 5.40. The van der Waals surface area contributed by atoms with Gasteiger partial charge < -0.3 is 15.4 Å². The van der Waals surface area contributed by atoms with Crippen LogP contribution in [0.1, 0.15) is 29.6 Å². The second-order valence-corrected chi connectivity index (χ2v) is 5.40. The molecule has 3 rings (SSSR count). The molecule has 0 saturated heterocycles. The van der Waals surface area contributed by atoms with Gasteiger partial charge in [0.15, 0.2) is 5.65 Å². The Morgan fingerprint density at radius 3 is 3.00 bits per heavy atom. The Kier molecular flexibility index (Phi) is 3.50. The number of methoxy groups -OCH3 is 1. The number of aromatic nitrogens is 3. The predicted molar refractivity (Wildman–Crippen MR) is 78.3 cm³/mol. The van der Waals surface area contributed by atoms with E-state index in [1.165, 1.54) is 6.20 Å². The van der Waals surface area contributed by atoms with E-state index in [1.54, 1.807) is 17.8 Å². The highest BCUT2D eigenvalue weighted by Crippen LogP contribution is 2.29. The van der Waals surface area contributed by atoms with Crippen molar-refractivity contribution in [2.24, 2.45) is 5.73 Å². The third-order valence-corrected chi connectivity index (χ3v) is 4.25. The van der Waals surface area contributed by atoms with Gasteiger partial charge in [-0.1, -0.05) is 0 Å². The average Bonchev–Trinajstić information content (AvgIpc) is 3.12. The topological polar surface area (TPSA) is 85.7 Å². The van der Waals surface area contributed by atoms with Crippen LogP contribution in [0, 0.1) is 0 Å². The molecule has 0 bridgehead atoms. The summed E-state index contributed by atoms with van der Waals surface area (Å²) in [4.78, 5) is 17.8. The van der Waals surface area contributed by atoms with E-state index in [4.69, 9.17) is 10.5 Å². The van der Waals surface area contributed by atoms with Crippen molar-refractivity contribution in [3.05, 3.63) is 24.0 Å². The predicted octanol–water partition coefficient (Wildman–Crippen LogP) is 0.832. The number of hydrogen-bond donors (Lipinski definition) is 1. The molecule has 0 aromatic carbocycles. The normalized spacial score (nSPS) is 21.8. The number of amides is 1. The zero-order chi connectivity index (χ0) is 15.0. The molecule has 0 spiro atoms. The zero-order valence-electron chi connectivity index (χ0n) is 12.2. The molecule has 2 heterocycles. The van der Waals surface area contributed by atoms with Gasteiger partial charge in [-0.25, -0.2) is 4.98 Å². The first-order valence-electron chi connectivity index (χ1n) is 7.00. The van der Waals surface area contributed by atoms with E-state index < -0.39 is 5.91 Å². The molecule has 1 aliphatic rings. The van der Waals surface area contributed by atoms with Gasteiger partial charge in [-0.3, -0.25) is 4.79 Å². The minimum Gasteiger partial charge on any atom is -0.381 e. The Morgan fingerprint density at radius 1 is 1.52 bits per heavy atom. The van der Waals surface area contributed by atoms with Crippen LogP contribution in [-0.4, -0.2) is 46.8 Å². The minimum atomic E-state index is -0.516. The molecule has 7 heteroatoms. The van der Waals surface area contributed by atoms with Gasteiger partial charge >= 0.3 is 0 Å². The first kappa shape index (κ1) is 13.8. The Hall–Kier alpha value is -2.15. The molecule has 21 heavy (non-hydrogen) atoms. The number of carbonyl (C=O) groups is 1. The molecule has 2 N–H and O–H groups in total. The third kappa shape index (κ3) is 2.33. The molecule has 1 aliphatic carbocycles. The first-order valence-corrected chi connectivity index (χ1v) is 7.00. The number of hydrogen-bond acceptors (Lipinski definition) is 5. The number of anilines is 1. The Bertz CT molecular complexity index is 668. The van der Waals surface area contributed by atoms with Crippen LogP contribution in [0.5, 0.6) is 0 Å². The number of primary amides is 1. The lowest BCUT2D eigenvalue weighted by Crippen LogP contribution is -2.31. The maximum Gasteiger partial charge on any atom is 0.254 e. The summed E-state index contributed by atoms with van der Waals surface area (Å²) in [6.07, 6.45) is 6.58. The lowest BCUT2D eigenvalue weighted by molar-refractivity contribution is 0.100. The van der Waals surface area contributed by atoms with Crippen LogP contribution >= 0.6 is 0 Å². The lowest BCUT2D eigenvalue weighted by Gasteiger charge is -2.26. The average molecular weight is 289 g/mol. The van der Waals surface area contributed by atoms with Crippen molar-refractivity contribution in [2.75, 3.05) is 19.1 Å². The Morgan fingerprint density at radius 2 is 2.33 bits per heavy atom. The molecular formula is C14H19N5O2. The number of ether oxygens (including phenoxy) is 1. The first-order chi connectivity index (χ1) is 10.1. The van der Waals surface area contributed by atoms with Crippen molar-refractivity contribution < 1.29 is 9.53 Å². The minimum absolute atomic E-state index is 0.314. The van der Waals surface area contributed by atoms with E-state index >= 15 is 0 Å². The molecule has 0 radical (unpaired) electrons. The van der Waals surface area contributed by atoms with Crippen LogP contribution in [0.25, 0.3) is 5.65 Å². The van der Waals surface area contributed by atoms with E-state index in [2.05, 4.69) is 15.0 Å². The Labute approximate surface area is 122 Å². The van der Waals surface area contributed by atoms with Gasteiger partial charge in [0.25, 0.3) is 5.91 Å². The van der Waals surface area contributed by atoms with Crippen molar-refractivity contribution in [1.29, 1.82) is 0 Å². The summed E-state index contributed by atoms with van der Waals surface area (Å²) in [6, 6.07) is 2.28. The summed E-state index contributed by atoms with van der Waals surface area (Å²) < 4.78 is 7.09. The number of nitrogens with zero attached hydrogens (tertiary/aromatic N) is 4. The summed E-state index contributed by atoms with van der Waals surface area (Å²) in [5.41, 5.74) is 6.18. The monoisotopic (exact) mass is 289 g/mol. The second kappa shape index (κ2) is 5.33. The van der Waals surface area contributed by atoms with E-state index in [9.17, 15) is 4.79 Å². The van der Waals surface area contributed by atoms with Crippen molar-refractivity contribution in [2.45, 2.75) is 31.4 Å². The van der Waals surface area contributed by atoms with E-state index in [0.29, 0.717) is 23.4 Å². The molecule has 7 nitrogen and oxygen atoms in total. The van der Waals surface area contributed by atoms with Crippen LogP contribution < -0.4 is 10.6 Å². The summed E-state index contributed by atoms with van der Waals surface area (Å²) in [5, 5.41) is 4.25. The smallest absolute Gasteiger partial charge is 0.254 e. The van der Waals surface area contributed by atoms with Crippen molar-refractivity contribution >= 4 is 17.4 Å². The van der Waals surface area contributed by atoms with Crippen LogP contribution in [0.4, 0.5) is 5.82 Å². The summed E-state index contributed by atoms with van der Waals surface area (Å²) >= 11 is 0. The molecule has 1 amide bonds. The molecule has 0 unspecified atom stereocenters. The highest BCUT2D eigenvalue weighted by molar-refractivity contribution is 5.98. The lowest BCUT2D eigenvalue weighted by atomic mass is 10.2. The molecule has 2 aromatic heterocycles. The molecule has 0 aliphatic heterocycles. The van der Waals surface area contributed by atoms with Crippen LogP contribution in [0.2, 0.25) is 0 Å². The van der Waals surface area contributed by atoms with Crippen LogP contribution in [0.3, 0.4) is 0 Å². The molecule has 1 fully saturated rings. The van der Waals surface area contributed by atoms with Crippen molar-refractivity contribution in [3.8, 4) is 0 Å². The zero-order valence-corrected chi connectivity index (χ0v) is 12.2. The standard InChI is InChI=1S/C14H19N5O2/c1-18(9-3-4-10(7-9)21-2)12-5-6-16-14-11(13(15)20)8-17-19(12)14/h5-6,8-10H,3-4,7H2,1-2H3,(H2,15,20)/t9-,10-/m1/s1. The number of rotatable bonds is 4. The molecular weight excluding hydrogens is 270 g/mol. The van der Waals surface area contributed by atoms with Gasteiger partial charge in [0.05, 0.1) is 12.3 Å². The van der Waals surface area contributed by atoms with Gasteiger partial charge in [-0.2, -0.15) is 9.61 Å². The summed E-state index contributed by atoms with van der Waals surface area (Å²) in [6.45, 7) is 0. The van der Waals surface area contributed by atoms with Crippen molar-refractivity contribution in [1.82, 2.24) is 14.6 Å². The quantitative estimate of drug-likeness (QED) is 0.901. The van der Waals surface area contributed by atoms with E-state index in [1.807, 2.05) is 13.1 Å². The summed E-state index contributed by atoms with van der Waals surface area (Å²) in [7, 11) is 3.79.